The molecule has 10 heteroatoms. The van der Waals surface area contributed by atoms with Crippen molar-refractivity contribution in [3.63, 3.8) is 0 Å². The van der Waals surface area contributed by atoms with Gasteiger partial charge in [-0.1, -0.05) is 0 Å². The molecule has 1 fully saturated rings. The number of benzene rings is 2. The molecule has 1 aliphatic heterocycles. The molecule has 8 nitrogen and oxygen atoms in total. The molecule has 170 valence electrons. The van der Waals surface area contributed by atoms with Gasteiger partial charge in [-0.2, -0.15) is 0 Å². The van der Waals surface area contributed by atoms with Crippen molar-refractivity contribution in [2.75, 3.05) is 25.0 Å². The summed E-state index contributed by atoms with van der Waals surface area (Å²) in [5.41, 5.74) is 7.97. The lowest BCUT2D eigenvalue weighted by atomic mass is 9.97. The molecule has 3 aromatic rings. The number of thiazole rings is 1. The average molecular weight is 467 g/mol. The fourth-order valence-corrected chi connectivity index (χ4v) is 4.51. The molecular weight excluding hydrogens is 443 g/mol. The molecule has 5 N–H and O–H groups in total. The molecule has 0 unspecified atom stereocenters. The first-order chi connectivity index (χ1) is 15.7. The van der Waals surface area contributed by atoms with Crippen LogP contribution in [0.3, 0.4) is 0 Å². The number of halogens is 1. The van der Waals surface area contributed by atoms with Crippen LogP contribution in [0.5, 0.6) is 0 Å². The van der Waals surface area contributed by atoms with Gasteiger partial charge in [0.05, 0.1) is 33.1 Å². The van der Waals surface area contributed by atoms with Crippen LogP contribution in [-0.2, 0) is 4.79 Å². The van der Waals surface area contributed by atoms with Crippen LogP contribution >= 0.6 is 11.3 Å². The van der Waals surface area contributed by atoms with Crippen molar-refractivity contribution in [1.82, 2.24) is 15.2 Å². The predicted octanol–water partition coefficient (Wildman–Crippen LogP) is 3.30. The lowest BCUT2D eigenvalue weighted by molar-refractivity contribution is -0.114. The minimum absolute atomic E-state index is 0.0297. The van der Waals surface area contributed by atoms with Gasteiger partial charge in [-0.05, 0) is 55.8 Å². The van der Waals surface area contributed by atoms with E-state index in [4.69, 9.17) is 11.1 Å². The number of carbonyl (C=O) groups excluding carboxylic acids is 2. The summed E-state index contributed by atoms with van der Waals surface area (Å²) in [6, 6.07) is 9.37. The van der Waals surface area contributed by atoms with E-state index < -0.39 is 11.7 Å². The number of aromatic nitrogens is 1. The van der Waals surface area contributed by atoms with Crippen molar-refractivity contribution in [2.45, 2.75) is 13.8 Å². The summed E-state index contributed by atoms with van der Waals surface area (Å²) in [6.45, 7) is 4.38. The number of carbonyl (C=O) groups is 2. The molecule has 0 saturated carbocycles. The van der Waals surface area contributed by atoms with Gasteiger partial charge in [0.2, 0.25) is 0 Å². The van der Waals surface area contributed by atoms with E-state index in [2.05, 4.69) is 15.6 Å². The lowest BCUT2D eigenvalue weighted by Gasteiger charge is -2.31. The highest BCUT2D eigenvalue weighted by atomic mass is 32.1. The Labute approximate surface area is 193 Å². The smallest absolute Gasteiger partial charge is 0.322 e. The third kappa shape index (κ3) is 4.70. The second-order valence-corrected chi connectivity index (χ2v) is 8.99. The van der Waals surface area contributed by atoms with E-state index in [9.17, 15) is 14.0 Å². The topological polar surface area (TPSA) is 124 Å². The molecule has 4 rings (SSSR count). The number of urea groups is 1. The van der Waals surface area contributed by atoms with Gasteiger partial charge in [-0.15, -0.1) is 11.3 Å². The van der Waals surface area contributed by atoms with Crippen LogP contribution in [0.25, 0.3) is 10.2 Å². The number of aryl methyl sites for hydroxylation is 2. The van der Waals surface area contributed by atoms with Gasteiger partial charge in [0.1, 0.15) is 5.82 Å². The normalized spacial score (nSPS) is 15.2. The van der Waals surface area contributed by atoms with Gasteiger partial charge in [0, 0.05) is 30.0 Å². The van der Waals surface area contributed by atoms with E-state index in [1.54, 1.807) is 18.3 Å². The minimum atomic E-state index is -0.795. The van der Waals surface area contributed by atoms with Crippen LogP contribution < -0.4 is 16.4 Å². The third-order valence-electron chi connectivity index (χ3n) is 5.35. The summed E-state index contributed by atoms with van der Waals surface area (Å²) in [6.07, 6.45) is 0. The minimum Gasteiger partial charge on any atom is -0.384 e. The molecule has 2 aromatic carbocycles. The third-order valence-corrected chi connectivity index (χ3v) is 6.30. The first-order valence-electron chi connectivity index (χ1n) is 10.3. The SMILES string of the molecule is Cc1nc2cc(NC(=O)N3CCN/C(=C(\C(=N)c4ccc(F)c(C)c4)C(N)=O)C3)ccc2s1. The number of nitrogens with one attached hydrogen (secondary N) is 3. The van der Waals surface area contributed by atoms with Crippen LogP contribution in [0.4, 0.5) is 14.9 Å². The number of primary amides is 1. The van der Waals surface area contributed by atoms with Gasteiger partial charge < -0.3 is 21.3 Å². The van der Waals surface area contributed by atoms with E-state index in [1.165, 1.54) is 23.1 Å². The van der Waals surface area contributed by atoms with E-state index in [0.29, 0.717) is 35.6 Å². The molecule has 1 aromatic heterocycles. The Kier molecular flexibility index (Phi) is 6.10. The summed E-state index contributed by atoms with van der Waals surface area (Å²) in [5, 5.41) is 15.4. The van der Waals surface area contributed by atoms with Gasteiger partial charge in [0.15, 0.2) is 0 Å². The summed E-state index contributed by atoms with van der Waals surface area (Å²) < 4.78 is 14.7. The van der Waals surface area contributed by atoms with Gasteiger partial charge in [-0.3, -0.25) is 10.2 Å². The highest BCUT2D eigenvalue weighted by Gasteiger charge is 2.26. The van der Waals surface area contributed by atoms with Crippen LogP contribution in [0.2, 0.25) is 0 Å². The van der Waals surface area contributed by atoms with Gasteiger partial charge in [-0.25, -0.2) is 14.2 Å². The first-order valence-corrected chi connectivity index (χ1v) is 11.1. The van der Waals surface area contributed by atoms with Crippen molar-refractivity contribution in [1.29, 1.82) is 5.41 Å². The fourth-order valence-electron chi connectivity index (χ4n) is 3.70. The van der Waals surface area contributed by atoms with E-state index in [1.807, 2.05) is 25.1 Å². The number of hydrogen-bond acceptors (Lipinski definition) is 6. The maximum atomic E-state index is 13.6. The number of anilines is 1. The fraction of sp³-hybridized carbons (Fsp3) is 0.217. The Bertz CT molecular complexity index is 1320. The van der Waals surface area contributed by atoms with Gasteiger partial charge >= 0.3 is 6.03 Å². The molecule has 2 heterocycles. The van der Waals surface area contributed by atoms with E-state index >= 15 is 0 Å². The van der Waals surface area contributed by atoms with E-state index in [0.717, 1.165) is 15.2 Å². The number of rotatable bonds is 4. The standard InChI is InChI=1S/C23H23FN6O2S/c1-12-9-14(3-5-16(12)24)21(25)20(22(26)31)18-11-30(8-7-27-18)23(32)29-15-4-6-19-17(10-15)28-13(2)33-19/h3-6,9-10,25,27H,7-8,11H2,1-2H3,(H2,26,31)(H,29,32)/b20-18+,25-21?. The summed E-state index contributed by atoms with van der Waals surface area (Å²) in [4.78, 5) is 31.1. The van der Waals surface area contributed by atoms with Crippen molar-refractivity contribution in [2.24, 2.45) is 5.73 Å². The van der Waals surface area contributed by atoms with E-state index in [-0.39, 0.29) is 23.9 Å². The Morgan fingerprint density at radius 2 is 2.03 bits per heavy atom. The molecule has 0 spiro atoms. The maximum Gasteiger partial charge on any atom is 0.322 e. The lowest BCUT2D eigenvalue weighted by Crippen LogP contribution is -2.48. The molecule has 3 amide bonds. The second-order valence-electron chi connectivity index (χ2n) is 7.75. The largest absolute Gasteiger partial charge is 0.384 e. The zero-order chi connectivity index (χ0) is 23.7. The molecule has 0 radical (unpaired) electrons. The number of nitrogens with two attached hydrogens (primary N) is 1. The zero-order valence-electron chi connectivity index (χ0n) is 18.2. The Morgan fingerprint density at radius 3 is 2.76 bits per heavy atom. The van der Waals surface area contributed by atoms with Crippen molar-refractivity contribution < 1.29 is 14.0 Å². The Balaban J connectivity index is 1.56. The van der Waals surface area contributed by atoms with Crippen LogP contribution in [0.1, 0.15) is 16.1 Å². The average Bonchev–Trinajstić information content (AvgIpc) is 3.15. The van der Waals surface area contributed by atoms with Crippen LogP contribution in [0, 0.1) is 25.1 Å². The Morgan fingerprint density at radius 1 is 1.24 bits per heavy atom. The molecular formula is C23H23FN6O2S. The molecule has 0 atom stereocenters. The highest BCUT2D eigenvalue weighted by molar-refractivity contribution is 7.18. The van der Waals surface area contributed by atoms with Crippen molar-refractivity contribution in [3.05, 3.63) is 69.6 Å². The number of nitrogens with zero attached hydrogens (tertiary/aromatic N) is 2. The predicted molar refractivity (Wildman–Crippen MR) is 127 cm³/mol. The summed E-state index contributed by atoms with van der Waals surface area (Å²) in [5.74, 6) is -1.19. The maximum absolute atomic E-state index is 13.6. The summed E-state index contributed by atoms with van der Waals surface area (Å²) >= 11 is 1.58. The highest BCUT2D eigenvalue weighted by Crippen LogP contribution is 2.25. The molecule has 0 aliphatic carbocycles. The second kappa shape index (κ2) is 8.99. The molecule has 1 aliphatic rings. The molecule has 1 saturated heterocycles. The first kappa shape index (κ1) is 22.4. The number of hydrogen-bond donors (Lipinski definition) is 4. The van der Waals surface area contributed by atoms with Crippen LogP contribution in [-0.4, -0.2) is 47.2 Å². The summed E-state index contributed by atoms with van der Waals surface area (Å²) in [7, 11) is 0. The monoisotopic (exact) mass is 466 g/mol. The van der Waals surface area contributed by atoms with Crippen LogP contribution in [0.15, 0.2) is 47.7 Å². The molecule has 33 heavy (non-hydrogen) atoms. The van der Waals surface area contributed by atoms with Gasteiger partial charge in [0.25, 0.3) is 5.91 Å². The van der Waals surface area contributed by atoms with Crippen molar-refractivity contribution >= 4 is 44.9 Å². The van der Waals surface area contributed by atoms with Crippen molar-refractivity contribution in [3.8, 4) is 0 Å². The number of amides is 3. The number of piperazine rings is 1. The molecule has 0 bridgehead atoms. The number of fused-ring (bicyclic) bond motifs is 1. The zero-order valence-corrected chi connectivity index (χ0v) is 19.0. The quantitative estimate of drug-likeness (QED) is 0.348. The Hall–Kier alpha value is -3.79.